The summed E-state index contributed by atoms with van der Waals surface area (Å²) in [6.45, 7) is 0. The maximum absolute atomic E-state index is 13.6. The van der Waals surface area contributed by atoms with E-state index in [2.05, 4.69) is 10.3 Å². The molecule has 0 unspecified atom stereocenters. The molecule has 0 amide bonds. The van der Waals surface area contributed by atoms with Gasteiger partial charge in [0, 0.05) is 51.4 Å². The van der Waals surface area contributed by atoms with Crippen LogP contribution < -0.4 is 10.2 Å². The van der Waals surface area contributed by atoms with Crippen molar-refractivity contribution < 1.29 is 18.1 Å². The molecule has 0 bridgehead atoms. The lowest BCUT2D eigenvalue weighted by atomic mass is 10.0. The van der Waals surface area contributed by atoms with Crippen LogP contribution in [0.25, 0.3) is 5.69 Å². The van der Waals surface area contributed by atoms with E-state index in [1.807, 2.05) is 53.4 Å². The topological polar surface area (TPSA) is 76.2 Å². The van der Waals surface area contributed by atoms with Crippen molar-refractivity contribution in [2.45, 2.75) is 28.1 Å². The van der Waals surface area contributed by atoms with Crippen LogP contribution in [0.4, 0.5) is 24.5 Å². The number of pyridine rings is 1. The standard InChI is InChI=1S/C31H22F3N5O2S2/c32-31(33,34)20-5-3-6-23(19-20)37-18-4-8-27(37)29-28(26-7-1-2-17-35-26)36-30(42)38(29)21-9-13-24(14-10-21)43-25-15-11-22(12-16-25)39(40)41/h1-19,28-29H,(H,36,42)/t28-,29-/m0/s1. The number of non-ortho nitro benzene ring substituents is 1. The monoisotopic (exact) mass is 617 g/mol. The van der Waals surface area contributed by atoms with Gasteiger partial charge in [-0.15, -0.1) is 0 Å². The number of nitrogens with one attached hydrogen (secondary N) is 1. The van der Waals surface area contributed by atoms with Gasteiger partial charge in [0.25, 0.3) is 5.69 Å². The Bertz CT molecular complexity index is 1780. The van der Waals surface area contributed by atoms with Crippen LogP contribution in [-0.4, -0.2) is 19.6 Å². The van der Waals surface area contributed by atoms with Gasteiger partial charge in [0.05, 0.1) is 22.2 Å². The van der Waals surface area contributed by atoms with Gasteiger partial charge in [-0.05, 0) is 91.1 Å². The first kappa shape index (κ1) is 28.4. The minimum absolute atomic E-state index is 0.0260. The number of nitrogens with zero attached hydrogens (tertiary/aromatic N) is 4. The summed E-state index contributed by atoms with van der Waals surface area (Å²) >= 11 is 7.28. The second kappa shape index (κ2) is 11.5. The quantitative estimate of drug-likeness (QED) is 0.112. The number of aromatic nitrogens is 2. The summed E-state index contributed by atoms with van der Waals surface area (Å²) in [7, 11) is 0. The van der Waals surface area contributed by atoms with E-state index in [1.165, 1.54) is 30.0 Å². The summed E-state index contributed by atoms with van der Waals surface area (Å²) in [5.74, 6) is 0. The maximum Gasteiger partial charge on any atom is 0.416 e. The van der Waals surface area contributed by atoms with E-state index in [4.69, 9.17) is 12.2 Å². The Kier molecular flexibility index (Phi) is 7.63. The second-order valence-electron chi connectivity index (χ2n) is 9.69. The number of alkyl halides is 3. The fourth-order valence-electron chi connectivity index (χ4n) is 5.08. The molecule has 0 saturated carbocycles. The molecule has 1 saturated heterocycles. The van der Waals surface area contributed by atoms with Crippen LogP contribution in [0.3, 0.4) is 0 Å². The van der Waals surface area contributed by atoms with Crippen molar-refractivity contribution in [2.75, 3.05) is 4.90 Å². The molecule has 1 aliphatic rings. The zero-order chi connectivity index (χ0) is 30.1. The fraction of sp³-hybridized carbons (Fsp3) is 0.0968. The Morgan fingerprint density at radius 3 is 2.26 bits per heavy atom. The molecule has 1 aliphatic heterocycles. The molecule has 0 spiro atoms. The van der Waals surface area contributed by atoms with Gasteiger partial charge in [-0.25, -0.2) is 0 Å². The molecular weight excluding hydrogens is 596 g/mol. The number of thiocarbonyl (C=S) groups is 1. The van der Waals surface area contributed by atoms with Crippen molar-refractivity contribution in [3.8, 4) is 5.69 Å². The summed E-state index contributed by atoms with van der Waals surface area (Å²) in [5.41, 5.74) is 1.92. The minimum atomic E-state index is -4.48. The Balaban J connectivity index is 1.37. The first-order valence-corrected chi connectivity index (χ1v) is 14.3. The average Bonchev–Trinajstić information content (AvgIpc) is 3.62. The van der Waals surface area contributed by atoms with E-state index in [0.717, 1.165) is 39.0 Å². The lowest BCUT2D eigenvalue weighted by molar-refractivity contribution is -0.384. The van der Waals surface area contributed by atoms with E-state index in [-0.39, 0.29) is 11.7 Å². The normalized spacial score (nSPS) is 16.7. The highest BCUT2D eigenvalue weighted by Gasteiger charge is 2.42. The molecule has 43 heavy (non-hydrogen) atoms. The molecule has 1 N–H and O–H groups in total. The van der Waals surface area contributed by atoms with Crippen LogP contribution in [0.5, 0.6) is 0 Å². The highest BCUT2D eigenvalue weighted by molar-refractivity contribution is 7.99. The van der Waals surface area contributed by atoms with Gasteiger partial charge in [0.1, 0.15) is 6.04 Å². The number of hydrogen-bond acceptors (Lipinski definition) is 5. The van der Waals surface area contributed by atoms with Crippen molar-refractivity contribution in [1.82, 2.24) is 14.9 Å². The van der Waals surface area contributed by atoms with E-state index >= 15 is 0 Å². The van der Waals surface area contributed by atoms with Crippen molar-refractivity contribution in [3.05, 3.63) is 143 Å². The van der Waals surface area contributed by atoms with Crippen molar-refractivity contribution in [3.63, 3.8) is 0 Å². The summed E-state index contributed by atoms with van der Waals surface area (Å²) < 4.78 is 42.4. The summed E-state index contributed by atoms with van der Waals surface area (Å²) in [4.78, 5) is 18.8. The SMILES string of the molecule is O=[N+]([O-])c1ccc(Sc2ccc(N3C(=S)N[C@@H](c4ccccn4)[C@@H]3c3cccn3-c3cccc(C(F)(F)F)c3)cc2)cc1. The van der Waals surface area contributed by atoms with Gasteiger partial charge in [0.2, 0.25) is 0 Å². The molecule has 12 heteroatoms. The molecule has 1 fully saturated rings. The lowest BCUT2D eigenvalue weighted by Crippen LogP contribution is -2.30. The number of halogens is 3. The number of nitro benzene ring substituents is 1. The molecule has 0 aliphatic carbocycles. The molecule has 216 valence electrons. The van der Waals surface area contributed by atoms with Crippen LogP contribution in [0.1, 0.15) is 29.0 Å². The molecule has 3 heterocycles. The van der Waals surface area contributed by atoms with Gasteiger partial charge in [-0.2, -0.15) is 13.2 Å². The second-order valence-corrected chi connectivity index (χ2v) is 11.2. The van der Waals surface area contributed by atoms with Crippen molar-refractivity contribution in [1.29, 1.82) is 0 Å². The molecule has 3 aromatic carbocycles. The van der Waals surface area contributed by atoms with Crippen LogP contribution in [-0.2, 0) is 6.18 Å². The molecule has 5 aromatic rings. The largest absolute Gasteiger partial charge is 0.416 e. The fourth-order valence-corrected chi connectivity index (χ4v) is 6.24. The Hall–Kier alpha value is -4.68. The van der Waals surface area contributed by atoms with E-state index in [9.17, 15) is 23.3 Å². The molecule has 7 nitrogen and oxygen atoms in total. The van der Waals surface area contributed by atoms with Gasteiger partial charge in [0.15, 0.2) is 5.11 Å². The summed E-state index contributed by atoms with van der Waals surface area (Å²) in [6.07, 6.45) is -1.05. The number of benzene rings is 3. The van der Waals surface area contributed by atoms with E-state index in [0.29, 0.717) is 10.8 Å². The Morgan fingerprint density at radius 2 is 1.60 bits per heavy atom. The predicted molar refractivity (Wildman–Crippen MR) is 162 cm³/mol. The Labute approximate surface area is 254 Å². The zero-order valence-corrected chi connectivity index (χ0v) is 23.8. The third kappa shape index (κ3) is 5.84. The highest BCUT2D eigenvalue weighted by atomic mass is 32.2. The minimum Gasteiger partial charge on any atom is -0.351 e. The van der Waals surface area contributed by atoms with Crippen molar-refractivity contribution in [2.24, 2.45) is 0 Å². The number of anilines is 1. The van der Waals surface area contributed by atoms with Gasteiger partial charge >= 0.3 is 6.18 Å². The first-order chi connectivity index (χ1) is 20.7. The Morgan fingerprint density at radius 1 is 0.884 bits per heavy atom. The molecule has 0 radical (unpaired) electrons. The number of hydrogen-bond donors (Lipinski definition) is 1. The predicted octanol–water partition coefficient (Wildman–Crippen LogP) is 8.13. The van der Waals surface area contributed by atoms with Crippen LogP contribution in [0.2, 0.25) is 0 Å². The van der Waals surface area contributed by atoms with Crippen LogP contribution >= 0.6 is 24.0 Å². The first-order valence-electron chi connectivity index (χ1n) is 13.1. The van der Waals surface area contributed by atoms with Gasteiger partial charge < -0.3 is 14.8 Å². The summed E-state index contributed by atoms with van der Waals surface area (Å²) in [6, 6.07) is 27.7. The van der Waals surface area contributed by atoms with Crippen LogP contribution in [0.15, 0.2) is 125 Å². The van der Waals surface area contributed by atoms with E-state index in [1.54, 1.807) is 41.2 Å². The summed E-state index contributed by atoms with van der Waals surface area (Å²) in [5, 5.41) is 14.8. The smallest absolute Gasteiger partial charge is 0.351 e. The average molecular weight is 618 g/mol. The third-order valence-electron chi connectivity index (χ3n) is 7.03. The van der Waals surface area contributed by atoms with Crippen LogP contribution in [0, 0.1) is 10.1 Å². The maximum atomic E-state index is 13.6. The third-order valence-corrected chi connectivity index (χ3v) is 8.36. The lowest BCUT2D eigenvalue weighted by Gasteiger charge is -2.29. The molecular formula is C31H22F3N5O2S2. The number of nitro groups is 1. The van der Waals surface area contributed by atoms with Gasteiger partial charge in [-0.3, -0.25) is 15.1 Å². The molecule has 2 aromatic heterocycles. The number of rotatable bonds is 7. The zero-order valence-electron chi connectivity index (χ0n) is 22.2. The van der Waals surface area contributed by atoms with Gasteiger partial charge in [-0.1, -0.05) is 23.9 Å². The molecule has 6 rings (SSSR count). The van der Waals surface area contributed by atoms with E-state index < -0.39 is 22.7 Å². The highest BCUT2D eigenvalue weighted by Crippen LogP contribution is 2.43. The molecule has 2 atom stereocenters. The van der Waals surface area contributed by atoms with Crippen molar-refractivity contribution >= 4 is 40.5 Å².